The Bertz CT molecular complexity index is 768. The van der Waals surface area contributed by atoms with Crippen molar-refractivity contribution in [3.05, 3.63) is 32.7 Å². The van der Waals surface area contributed by atoms with Crippen LogP contribution in [0.5, 0.6) is 0 Å². The van der Waals surface area contributed by atoms with Crippen molar-refractivity contribution in [1.29, 1.82) is 0 Å². The molecule has 1 aliphatic heterocycles. The van der Waals surface area contributed by atoms with Crippen LogP contribution in [0.1, 0.15) is 29.8 Å². The normalized spacial score (nSPS) is 18.7. The number of hydrogen-bond acceptors (Lipinski definition) is 6. The summed E-state index contributed by atoms with van der Waals surface area (Å²) in [6.07, 6.45) is 2.15. The SMILES string of the molecule is Cc1nn(C)c(=O)c(-c2nc(CN3CCCC3CO)cs2)c1C. The highest BCUT2D eigenvalue weighted by Gasteiger charge is 2.24. The number of nitrogens with zero attached hydrogens (tertiary/aromatic N) is 4. The standard InChI is InChI=1S/C16H22N4O2S/c1-10-11(2)18-19(3)16(22)14(10)15-17-12(9-23-15)7-20-6-4-5-13(20)8-21/h9,13,21H,4-8H2,1-3H3. The van der Waals surface area contributed by atoms with Crippen LogP contribution in [0.15, 0.2) is 10.2 Å². The van der Waals surface area contributed by atoms with Crippen LogP contribution in [0.4, 0.5) is 0 Å². The average molecular weight is 334 g/mol. The van der Waals surface area contributed by atoms with Gasteiger partial charge in [0.25, 0.3) is 5.56 Å². The summed E-state index contributed by atoms with van der Waals surface area (Å²) in [6.45, 7) is 5.74. The Morgan fingerprint density at radius 1 is 1.43 bits per heavy atom. The van der Waals surface area contributed by atoms with Gasteiger partial charge < -0.3 is 5.11 Å². The largest absolute Gasteiger partial charge is 0.395 e. The third-order valence-electron chi connectivity index (χ3n) is 4.57. The fourth-order valence-corrected chi connectivity index (χ4v) is 4.02. The third-order valence-corrected chi connectivity index (χ3v) is 5.47. The average Bonchev–Trinajstić information content (AvgIpc) is 3.15. The molecule has 1 saturated heterocycles. The van der Waals surface area contributed by atoms with Gasteiger partial charge in [-0.15, -0.1) is 11.3 Å². The molecule has 0 amide bonds. The minimum absolute atomic E-state index is 0.108. The van der Waals surface area contributed by atoms with Gasteiger partial charge in [-0.05, 0) is 38.8 Å². The van der Waals surface area contributed by atoms with Crippen LogP contribution >= 0.6 is 11.3 Å². The maximum absolute atomic E-state index is 12.4. The van der Waals surface area contributed by atoms with Crippen LogP contribution in [0.3, 0.4) is 0 Å². The van der Waals surface area contributed by atoms with Crippen molar-refractivity contribution in [3.63, 3.8) is 0 Å². The summed E-state index contributed by atoms with van der Waals surface area (Å²) < 4.78 is 1.38. The lowest BCUT2D eigenvalue weighted by Gasteiger charge is -2.21. The van der Waals surface area contributed by atoms with E-state index < -0.39 is 0 Å². The van der Waals surface area contributed by atoms with Crippen molar-refractivity contribution in [3.8, 4) is 10.6 Å². The molecule has 3 rings (SSSR count). The van der Waals surface area contributed by atoms with Crippen LogP contribution in [-0.4, -0.2) is 44.0 Å². The third kappa shape index (κ3) is 3.08. The van der Waals surface area contributed by atoms with Crippen LogP contribution in [-0.2, 0) is 13.6 Å². The summed E-state index contributed by atoms with van der Waals surface area (Å²) in [6, 6.07) is 0.234. The monoisotopic (exact) mass is 334 g/mol. The minimum atomic E-state index is -0.108. The van der Waals surface area contributed by atoms with Crippen molar-refractivity contribution in [2.24, 2.45) is 7.05 Å². The van der Waals surface area contributed by atoms with Gasteiger partial charge in [0, 0.05) is 25.0 Å². The van der Waals surface area contributed by atoms with Crippen molar-refractivity contribution < 1.29 is 5.11 Å². The van der Waals surface area contributed by atoms with Gasteiger partial charge in [-0.3, -0.25) is 9.69 Å². The first-order chi connectivity index (χ1) is 11.0. The number of aryl methyl sites for hydroxylation is 2. The molecule has 124 valence electrons. The first-order valence-electron chi connectivity index (χ1n) is 7.85. The van der Waals surface area contributed by atoms with Gasteiger partial charge in [0.1, 0.15) is 5.01 Å². The van der Waals surface area contributed by atoms with E-state index in [-0.39, 0.29) is 18.2 Å². The lowest BCUT2D eigenvalue weighted by atomic mass is 10.1. The van der Waals surface area contributed by atoms with Gasteiger partial charge in [0.2, 0.25) is 0 Å². The molecule has 1 aliphatic rings. The predicted octanol–water partition coefficient (Wildman–Crippen LogP) is 1.48. The van der Waals surface area contributed by atoms with Crippen LogP contribution in [0, 0.1) is 13.8 Å². The zero-order valence-electron chi connectivity index (χ0n) is 13.7. The summed E-state index contributed by atoms with van der Waals surface area (Å²) >= 11 is 1.50. The molecule has 0 aliphatic carbocycles. The molecule has 23 heavy (non-hydrogen) atoms. The molecule has 1 N–H and O–H groups in total. The molecule has 0 bridgehead atoms. The number of likely N-dealkylation sites (tertiary alicyclic amines) is 1. The lowest BCUT2D eigenvalue weighted by molar-refractivity contribution is 0.152. The van der Waals surface area contributed by atoms with Crippen LogP contribution < -0.4 is 5.56 Å². The van der Waals surface area contributed by atoms with Crippen LogP contribution in [0.25, 0.3) is 10.6 Å². The molecule has 2 aromatic heterocycles. The van der Waals surface area contributed by atoms with Gasteiger partial charge in [-0.25, -0.2) is 9.67 Å². The van der Waals surface area contributed by atoms with Crippen molar-refractivity contribution in [1.82, 2.24) is 19.7 Å². The topological polar surface area (TPSA) is 71.2 Å². The molecule has 2 aromatic rings. The first-order valence-corrected chi connectivity index (χ1v) is 8.73. The lowest BCUT2D eigenvalue weighted by Crippen LogP contribution is -2.31. The quantitative estimate of drug-likeness (QED) is 0.917. The van der Waals surface area contributed by atoms with E-state index in [9.17, 15) is 9.90 Å². The molecule has 0 saturated carbocycles. The Morgan fingerprint density at radius 3 is 2.96 bits per heavy atom. The molecule has 0 radical (unpaired) electrons. The van der Waals surface area contributed by atoms with Crippen LogP contribution in [0.2, 0.25) is 0 Å². The van der Waals surface area contributed by atoms with Gasteiger partial charge in [0.05, 0.1) is 23.6 Å². The Morgan fingerprint density at radius 2 is 2.22 bits per heavy atom. The van der Waals surface area contributed by atoms with E-state index in [1.165, 1.54) is 16.0 Å². The predicted molar refractivity (Wildman–Crippen MR) is 90.6 cm³/mol. The van der Waals surface area contributed by atoms with Crippen molar-refractivity contribution in [2.45, 2.75) is 39.3 Å². The summed E-state index contributed by atoms with van der Waals surface area (Å²) in [5.41, 5.74) is 3.24. The van der Waals surface area contributed by atoms with Gasteiger partial charge >= 0.3 is 0 Å². The Labute approximate surface area is 139 Å². The Hall–Kier alpha value is -1.57. The van der Waals surface area contributed by atoms with E-state index in [2.05, 4.69) is 15.0 Å². The molecule has 1 atom stereocenters. The molecule has 7 heteroatoms. The van der Waals surface area contributed by atoms with E-state index in [0.717, 1.165) is 47.9 Å². The molecule has 1 unspecified atom stereocenters. The van der Waals surface area contributed by atoms with E-state index in [4.69, 9.17) is 0 Å². The molecule has 1 fully saturated rings. The maximum atomic E-state index is 12.4. The number of aliphatic hydroxyl groups excluding tert-OH is 1. The number of aliphatic hydroxyl groups is 1. The zero-order chi connectivity index (χ0) is 16.6. The van der Waals surface area contributed by atoms with E-state index in [1.807, 2.05) is 19.2 Å². The van der Waals surface area contributed by atoms with Gasteiger partial charge in [-0.2, -0.15) is 5.10 Å². The molecular weight excluding hydrogens is 312 g/mol. The maximum Gasteiger partial charge on any atom is 0.277 e. The number of rotatable bonds is 4. The van der Waals surface area contributed by atoms with Gasteiger partial charge in [0.15, 0.2) is 0 Å². The number of thiazole rings is 1. The second-order valence-corrected chi connectivity index (χ2v) is 6.97. The first kappa shape index (κ1) is 16.3. The molecule has 3 heterocycles. The minimum Gasteiger partial charge on any atom is -0.395 e. The van der Waals surface area contributed by atoms with Crippen molar-refractivity contribution >= 4 is 11.3 Å². The second-order valence-electron chi connectivity index (χ2n) is 6.11. The number of aromatic nitrogens is 3. The van der Waals surface area contributed by atoms with E-state index >= 15 is 0 Å². The highest BCUT2D eigenvalue weighted by molar-refractivity contribution is 7.13. The Kier molecular flexibility index (Phi) is 4.61. The van der Waals surface area contributed by atoms with Crippen molar-refractivity contribution in [2.75, 3.05) is 13.2 Å². The fraction of sp³-hybridized carbons (Fsp3) is 0.562. The summed E-state index contributed by atoms with van der Waals surface area (Å²) in [5.74, 6) is 0. The number of hydrogen-bond donors (Lipinski definition) is 1. The molecule has 0 aromatic carbocycles. The second kappa shape index (κ2) is 6.51. The summed E-state index contributed by atoms with van der Waals surface area (Å²) in [7, 11) is 1.67. The summed E-state index contributed by atoms with van der Waals surface area (Å²) in [4.78, 5) is 19.4. The van der Waals surface area contributed by atoms with Gasteiger partial charge in [-0.1, -0.05) is 0 Å². The van der Waals surface area contributed by atoms with E-state index in [1.54, 1.807) is 7.05 Å². The highest BCUT2D eigenvalue weighted by Crippen LogP contribution is 2.26. The molecule has 0 spiro atoms. The zero-order valence-corrected chi connectivity index (χ0v) is 14.6. The fourth-order valence-electron chi connectivity index (χ4n) is 3.11. The molecule has 6 nitrogen and oxygen atoms in total. The molecular formula is C16H22N4O2S. The smallest absolute Gasteiger partial charge is 0.277 e. The highest BCUT2D eigenvalue weighted by atomic mass is 32.1. The Balaban J connectivity index is 1.90. The summed E-state index contributed by atoms with van der Waals surface area (Å²) in [5, 5.41) is 16.4. The van der Waals surface area contributed by atoms with E-state index in [0.29, 0.717) is 5.56 Å².